The van der Waals surface area contributed by atoms with Crippen LogP contribution >= 0.6 is 27.5 Å². The van der Waals surface area contributed by atoms with E-state index in [1.54, 1.807) is 7.11 Å². The van der Waals surface area contributed by atoms with E-state index < -0.39 is 0 Å². The number of hydrogen-bond donors (Lipinski definition) is 0. The van der Waals surface area contributed by atoms with Crippen LogP contribution in [-0.4, -0.2) is 12.1 Å². The number of pyridine rings is 1. The maximum absolute atomic E-state index is 6.26. The minimum absolute atomic E-state index is 0.603. The lowest BCUT2D eigenvalue weighted by atomic mass is 10.1. The summed E-state index contributed by atoms with van der Waals surface area (Å²) in [7, 11) is 1.61. The van der Waals surface area contributed by atoms with Crippen LogP contribution in [0.2, 0.25) is 5.02 Å². The number of benzene rings is 1. The third-order valence-corrected chi connectivity index (χ3v) is 3.92. The van der Waals surface area contributed by atoms with Crippen molar-refractivity contribution in [3.8, 4) is 17.1 Å². The summed E-state index contributed by atoms with van der Waals surface area (Å²) in [6.07, 6.45) is 1.96. The summed E-state index contributed by atoms with van der Waals surface area (Å²) >= 11 is 9.67. The minimum atomic E-state index is 0.603. The number of ether oxygens (including phenoxy) is 1. The van der Waals surface area contributed by atoms with Gasteiger partial charge in [-0.3, -0.25) is 0 Å². The minimum Gasteiger partial charge on any atom is -0.481 e. The summed E-state index contributed by atoms with van der Waals surface area (Å²) in [5.41, 5.74) is 2.64. The molecule has 0 amide bonds. The van der Waals surface area contributed by atoms with Crippen molar-refractivity contribution >= 4 is 27.5 Å². The highest BCUT2D eigenvalue weighted by Crippen LogP contribution is 2.34. The van der Waals surface area contributed by atoms with Crippen LogP contribution in [0.25, 0.3) is 11.3 Å². The number of halogens is 2. The zero-order valence-corrected chi connectivity index (χ0v) is 12.4. The van der Waals surface area contributed by atoms with Crippen LogP contribution in [0.15, 0.2) is 34.8 Å². The van der Waals surface area contributed by atoms with Crippen LogP contribution in [0.5, 0.6) is 5.88 Å². The van der Waals surface area contributed by atoms with Crippen molar-refractivity contribution in [2.24, 2.45) is 0 Å². The smallest absolute Gasteiger partial charge is 0.217 e. The zero-order chi connectivity index (χ0) is 13.1. The molecule has 0 aliphatic heterocycles. The molecule has 0 aliphatic rings. The average Bonchev–Trinajstić information content (AvgIpc) is 2.41. The van der Waals surface area contributed by atoms with Crippen LogP contribution in [0.3, 0.4) is 0 Å². The fourth-order valence-electron chi connectivity index (χ4n) is 1.69. The Morgan fingerprint density at radius 1 is 1.28 bits per heavy atom. The maximum atomic E-state index is 6.26. The summed E-state index contributed by atoms with van der Waals surface area (Å²) < 4.78 is 6.13. The quantitative estimate of drug-likeness (QED) is 0.813. The van der Waals surface area contributed by atoms with Gasteiger partial charge >= 0.3 is 0 Å². The first-order valence-electron chi connectivity index (χ1n) is 5.46. The molecule has 0 bridgehead atoms. The van der Waals surface area contributed by atoms with E-state index in [1.165, 1.54) is 0 Å². The van der Waals surface area contributed by atoms with Gasteiger partial charge in [-0.15, -0.1) is 0 Å². The summed E-state index contributed by atoms with van der Waals surface area (Å²) in [6, 6.07) is 9.67. The molecule has 93 valence electrons. The van der Waals surface area contributed by atoms with E-state index in [0.29, 0.717) is 10.9 Å². The molecule has 18 heavy (non-hydrogen) atoms. The second kappa shape index (κ2) is 5.72. The number of rotatable bonds is 3. The predicted molar refractivity (Wildman–Crippen MR) is 78.0 cm³/mol. The molecule has 4 heteroatoms. The first-order chi connectivity index (χ1) is 8.67. The number of methoxy groups -OCH3 is 1. The Bertz CT molecular complexity index is 572. The molecule has 1 radical (unpaired) electrons. The lowest BCUT2D eigenvalue weighted by Gasteiger charge is -2.09. The van der Waals surface area contributed by atoms with Gasteiger partial charge in [0, 0.05) is 15.6 Å². The fourth-order valence-corrected chi connectivity index (χ4v) is 2.28. The Morgan fingerprint density at radius 3 is 2.72 bits per heavy atom. The van der Waals surface area contributed by atoms with Crippen molar-refractivity contribution < 1.29 is 4.74 Å². The first-order valence-corrected chi connectivity index (χ1v) is 6.63. The predicted octanol–water partition coefficient (Wildman–Crippen LogP) is 4.75. The highest BCUT2D eigenvalue weighted by atomic mass is 79.9. The SMILES string of the molecule is C[CH]c1ccc(-c2cccc(Br)c2Cl)nc1OC. The fraction of sp³-hybridized carbons (Fsp3) is 0.143. The summed E-state index contributed by atoms with van der Waals surface area (Å²) in [5, 5.41) is 0.653. The van der Waals surface area contributed by atoms with Gasteiger partial charge in [-0.2, -0.15) is 0 Å². The van der Waals surface area contributed by atoms with Gasteiger partial charge in [0.1, 0.15) is 0 Å². The standard InChI is InChI=1S/C14H12BrClNO/c1-3-9-7-8-12(17-14(9)18-2)10-5-4-6-11(15)13(10)16/h3-8H,1-2H3. The highest BCUT2D eigenvalue weighted by molar-refractivity contribution is 9.10. The monoisotopic (exact) mass is 324 g/mol. The Morgan fingerprint density at radius 2 is 2.06 bits per heavy atom. The molecule has 1 aromatic heterocycles. The van der Waals surface area contributed by atoms with Gasteiger partial charge in [-0.1, -0.05) is 36.7 Å². The van der Waals surface area contributed by atoms with Crippen molar-refractivity contribution in [3.63, 3.8) is 0 Å². The van der Waals surface area contributed by atoms with Crippen molar-refractivity contribution in [1.29, 1.82) is 0 Å². The largest absolute Gasteiger partial charge is 0.481 e. The molecule has 2 aromatic rings. The second-order valence-electron chi connectivity index (χ2n) is 3.69. The molecule has 0 saturated carbocycles. The van der Waals surface area contributed by atoms with E-state index in [9.17, 15) is 0 Å². The van der Waals surface area contributed by atoms with E-state index in [1.807, 2.05) is 43.7 Å². The average molecular weight is 326 g/mol. The number of nitrogens with zero attached hydrogens (tertiary/aromatic N) is 1. The van der Waals surface area contributed by atoms with Gasteiger partial charge in [0.15, 0.2) is 0 Å². The van der Waals surface area contributed by atoms with Gasteiger partial charge in [0.2, 0.25) is 5.88 Å². The van der Waals surface area contributed by atoms with Gasteiger partial charge in [0.05, 0.1) is 17.8 Å². The molecule has 0 saturated heterocycles. The summed E-state index contributed by atoms with van der Waals surface area (Å²) in [4.78, 5) is 4.48. The van der Waals surface area contributed by atoms with Crippen molar-refractivity contribution in [2.45, 2.75) is 6.92 Å². The number of hydrogen-bond acceptors (Lipinski definition) is 2. The molecule has 0 fully saturated rings. The Labute approximate surface area is 120 Å². The van der Waals surface area contributed by atoms with E-state index in [-0.39, 0.29) is 0 Å². The molecule has 1 aromatic carbocycles. The molecule has 1 heterocycles. The second-order valence-corrected chi connectivity index (χ2v) is 4.92. The van der Waals surface area contributed by atoms with Crippen molar-refractivity contribution in [2.75, 3.05) is 7.11 Å². The first kappa shape index (κ1) is 13.4. The molecular weight excluding hydrogens is 314 g/mol. The Kier molecular flexibility index (Phi) is 4.25. The molecule has 0 aliphatic carbocycles. The van der Waals surface area contributed by atoms with Gasteiger partial charge < -0.3 is 4.74 Å². The molecule has 2 rings (SSSR count). The van der Waals surface area contributed by atoms with E-state index in [2.05, 4.69) is 20.9 Å². The van der Waals surface area contributed by atoms with Gasteiger partial charge in [0.25, 0.3) is 0 Å². The van der Waals surface area contributed by atoms with Crippen LogP contribution < -0.4 is 4.74 Å². The van der Waals surface area contributed by atoms with Crippen LogP contribution in [0.4, 0.5) is 0 Å². The normalized spacial score (nSPS) is 10.4. The topological polar surface area (TPSA) is 22.1 Å². The maximum Gasteiger partial charge on any atom is 0.217 e. The highest BCUT2D eigenvalue weighted by Gasteiger charge is 2.10. The van der Waals surface area contributed by atoms with Crippen LogP contribution in [0.1, 0.15) is 12.5 Å². The summed E-state index contributed by atoms with van der Waals surface area (Å²) in [6.45, 7) is 1.95. The third kappa shape index (κ3) is 2.52. The van der Waals surface area contributed by atoms with E-state index >= 15 is 0 Å². The molecular formula is C14H12BrClNO. The molecule has 0 spiro atoms. The summed E-state index contributed by atoms with van der Waals surface area (Å²) in [5.74, 6) is 0.603. The van der Waals surface area contributed by atoms with Gasteiger partial charge in [-0.05, 0) is 34.5 Å². The van der Waals surface area contributed by atoms with Gasteiger partial charge in [-0.25, -0.2) is 4.98 Å². The van der Waals surface area contributed by atoms with Crippen molar-refractivity contribution in [1.82, 2.24) is 4.98 Å². The third-order valence-electron chi connectivity index (χ3n) is 2.62. The van der Waals surface area contributed by atoms with E-state index in [4.69, 9.17) is 16.3 Å². The van der Waals surface area contributed by atoms with Crippen LogP contribution in [0, 0.1) is 6.42 Å². The van der Waals surface area contributed by atoms with Crippen LogP contribution in [-0.2, 0) is 0 Å². The zero-order valence-electron chi connectivity index (χ0n) is 10.1. The molecule has 0 atom stereocenters. The van der Waals surface area contributed by atoms with Crippen molar-refractivity contribution in [3.05, 3.63) is 51.8 Å². The lowest BCUT2D eigenvalue weighted by Crippen LogP contribution is -1.95. The molecule has 0 unspecified atom stereocenters. The lowest BCUT2D eigenvalue weighted by molar-refractivity contribution is 0.396. The van der Waals surface area contributed by atoms with E-state index in [0.717, 1.165) is 21.3 Å². The molecule has 0 N–H and O–H groups in total. The number of aromatic nitrogens is 1. The Hall–Kier alpha value is -1.06. The molecule has 2 nitrogen and oxygen atoms in total. The Balaban J connectivity index is 2.54.